The molecule has 6 nitrogen and oxygen atoms in total. The maximum absolute atomic E-state index is 12.0. The van der Waals surface area contributed by atoms with Crippen molar-refractivity contribution in [1.29, 1.82) is 0 Å². The third-order valence-corrected chi connectivity index (χ3v) is 4.81. The van der Waals surface area contributed by atoms with Crippen LogP contribution in [0.25, 0.3) is 0 Å². The Bertz CT molecular complexity index is 327. The Morgan fingerprint density at radius 2 is 2.00 bits per heavy atom. The topological polar surface area (TPSA) is 70.7 Å². The summed E-state index contributed by atoms with van der Waals surface area (Å²) in [5, 5.41) is 3.12. The van der Waals surface area contributed by atoms with Crippen molar-refractivity contribution in [3.8, 4) is 0 Å². The van der Waals surface area contributed by atoms with E-state index in [0.717, 1.165) is 12.8 Å². The highest BCUT2D eigenvalue weighted by Crippen LogP contribution is 2.13. The maximum Gasteiger partial charge on any atom is 0.279 e. The van der Waals surface area contributed by atoms with Gasteiger partial charge in [0.2, 0.25) is 0 Å². The molecule has 2 fully saturated rings. The molecule has 2 unspecified atom stereocenters. The second kappa shape index (κ2) is 4.97. The molecule has 0 aromatic heterocycles. The van der Waals surface area contributed by atoms with Gasteiger partial charge in [-0.25, -0.2) is 0 Å². The summed E-state index contributed by atoms with van der Waals surface area (Å²) < 4.78 is 33.4. The molecule has 0 radical (unpaired) electrons. The number of hydrogen-bond acceptors (Lipinski definition) is 4. The van der Waals surface area contributed by atoms with Crippen LogP contribution in [0.2, 0.25) is 0 Å². The van der Waals surface area contributed by atoms with E-state index in [-0.39, 0.29) is 12.1 Å². The van der Waals surface area contributed by atoms with Gasteiger partial charge in [-0.3, -0.25) is 0 Å². The molecule has 0 aromatic rings. The number of hydrogen-bond donors (Lipinski definition) is 2. The Kier molecular flexibility index (Phi) is 3.81. The van der Waals surface area contributed by atoms with Crippen LogP contribution in [-0.4, -0.2) is 58.2 Å². The molecule has 2 saturated heterocycles. The molecule has 2 rings (SSSR count). The van der Waals surface area contributed by atoms with E-state index in [1.54, 1.807) is 7.11 Å². The lowest BCUT2D eigenvalue weighted by atomic mass is 10.2. The summed E-state index contributed by atoms with van der Waals surface area (Å²) in [5.41, 5.74) is 0. The highest BCUT2D eigenvalue weighted by atomic mass is 32.2. The number of methoxy groups -OCH3 is 1. The molecule has 0 aliphatic carbocycles. The van der Waals surface area contributed by atoms with Crippen molar-refractivity contribution < 1.29 is 13.2 Å². The second-order valence-corrected chi connectivity index (χ2v) is 5.97. The zero-order valence-corrected chi connectivity index (χ0v) is 10.3. The first-order valence-electron chi connectivity index (χ1n) is 5.64. The first-order valence-corrected chi connectivity index (χ1v) is 7.08. The molecule has 0 spiro atoms. The van der Waals surface area contributed by atoms with Crippen LogP contribution in [0.4, 0.5) is 0 Å². The van der Waals surface area contributed by atoms with E-state index < -0.39 is 10.2 Å². The summed E-state index contributed by atoms with van der Waals surface area (Å²) in [6.45, 7) is 2.59. The molecule has 16 heavy (non-hydrogen) atoms. The van der Waals surface area contributed by atoms with E-state index in [2.05, 4.69) is 10.0 Å². The molecule has 94 valence electrons. The molecule has 0 aromatic carbocycles. The van der Waals surface area contributed by atoms with Crippen LogP contribution >= 0.6 is 0 Å². The zero-order valence-electron chi connectivity index (χ0n) is 9.48. The standard InChI is InChI=1S/C9H19N3O3S/c1-15-9-7-10-6-8(9)11-16(13,14)12-4-2-3-5-12/h8-11H,2-7H2,1H3. The Hall–Kier alpha value is -0.210. The van der Waals surface area contributed by atoms with Crippen molar-refractivity contribution in [2.45, 2.75) is 25.0 Å². The lowest BCUT2D eigenvalue weighted by Crippen LogP contribution is -2.49. The van der Waals surface area contributed by atoms with Gasteiger partial charge in [-0.15, -0.1) is 0 Å². The van der Waals surface area contributed by atoms with Gasteiger partial charge >= 0.3 is 0 Å². The number of nitrogens with one attached hydrogen (secondary N) is 2. The second-order valence-electron chi connectivity index (χ2n) is 4.27. The van der Waals surface area contributed by atoms with Gasteiger partial charge in [-0.05, 0) is 12.8 Å². The Balaban J connectivity index is 1.97. The van der Waals surface area contributed by atoms with E-state index in [1.165, 1.54) is 4.31 Å². The average Bonchev–Trinajstić information content (AvgIpc) is 2.86. The van der Waals surface area contributed by atoms with E-state index in [4.69, 9.17) is 4.74 Å². The van der Waals surface area contributed by atoms with Crippen molar-refractivity contribution in [2.75, 3.05) is 33.3 Å². The number of ether oxygens (including phenoxy) is 1. The van der Waals surface area contributed by atoms with Crippen LogP contribution in [-0.2, 0) is 14.9 Å². The lowest BCUT2D eigenvalue weighted by molar-refractivity contribution is 0.102. The summed E-state index contributed by atoms with van der Waals surface area (Å²) >= 11 is 0. The van der Waals surface area contributed by atoms with Gasteiger partial charge in [-0.2, -0.15) is 17.4 Å². The predicted molar refractivity (Wildman–Crippen MR) is 60.3 cm³/mol. The van der Waals surface area contributed by atoms with Crippen LogP contribution in [0.1, 0.15) is 12.8 Å². The normalized spacial score (nSPS) is 32.3. The van der Waals surface area contributed by atoms with Crippen molar-refractivity contribution in [1.82, 2.24) is 14.3 Å². The quantitative estimate of drug-likeness (QED) is 0.664. The van der Waals surface area contributed by atoms with Crippen LogP contribution < -0.4 is 10.0 Å². The molecule has 2 heterocycles. The lowest BCUT2D eigenvalue weighted by Gasteiger charge is -2.22. The minimum Gasteiger partial charge on any atom is -0.378 e. The molecule has 2 aliphatic rings. The zero-order chi connectivity index (χ0) is 11.6. The monoisotopic (exact) mass is 249 g/mol. The fourth-order valence-corrected chi connectivity index (χ4v) is 3.72. The Morgan fingerprint density at radius 1 is 1.31 bits per heavy atom. The summed E-state index contributed by atoms with van der Waals surface area (Å²) in [7, 11) is -1.72. The van der Waals surface area contributed by atoms with E-state index >= 15 is 0 Å². The molecular weight excluding hydrogens is 230 g/mol. The third-order valence-electron chi connectivity index (χ3n) is 3.17. The van der Waals surface area contributed by atoms with Crippen molar-refractivity contribution in [3.63, 3.8) is 0 Å². The Labute approximate surface area is 96.5 Å². The minimum atomic E-state index is -3.32. The highest BCUT2D eigenvalue weighted by Gasteiger charge is 2.33. The molecule has 2 atom stereocenters. The fourth-order valence-electron chi connectivity index (χ4n) is 2.21. The first-order chi connectivity index (χ1) is 7.63. The van der Waals surface area contributed by atoms with Crippen LogP contribution in [0.5, 0.6) is 0 Å². The number of nitrogens with zero attached hydrogens (tertiary/aromatic N) is 1. The summed E-state index contributed by atoms with van der Waals surface area (Å²) in [6.07, 6.45) is 1.84. The SMILES string of the molecule is COC1CNCC1NS(=O)(=O)N1CCCC1. The predicted octanol–water partition coefficient (Wildman–Crippen LogP) is -1.10. The van der Waals surface area contributed by atoms with Gasteiger partial charge in [-0.1, -0.05) is 0 Å². The summed E-state index contributed by atoms with van der Waals surface area (Å²) in [5.74, 6) is 0. The van der Waals surface area contributed by atoms with Crippen molar-refractivity contribution in [2.24, 2.45) is 0 Å². The summed E-state index contributed by atoms with van der Waals surface area (Å²) in [4.78, 5) is 0. The van der Waals surface area contributed by atoms with E-state index in [1.807, 2.05) is 0 Å². The Morgan fingerprint density at radius 3 is 2.62 bits per heavy atom. The fraction of sp³-hybridized carbons (Fsp3) is 1.00. The number of rotatable bonds is 4. The van der Waals surface area contributed by atoms with Gasteiger partial charge in [0.05, 0.1) is 12.1 Å². The van der Waals surface area contributed by atoms with Gasteiger partial charge in [0, 0.05) is 33.3 Å². The van der Waals surface area contributed by atoms with Crippen LogP contribution in [0.15, 0.2) is 0 Å². The van der Waals surface area contributed by atoms with Gasteiger partial charge in [0.1, 0.15) is 0 Å². The van der Waals surface area contributed by atoms with Gasteiger partial charge in [0.25, 0.3) is 10.2 Å². The molecule has 7 heteroatoms. The third kappa shape index (κ3) is 2.54. The maximum atomic E-state index is 12.0. The average molecular weight is 249 g/mol. The molecule has 2 aliphatic heterocycles. The van der Waals surface area contributed by atoms with Crippen molar-refractivity contribution in [3.05, 3.63) is 0 Å². The van der Waals surface area contributed by atoms with Gasteiger partial charge in [0.15, 0.2) is 0 Å². The van der Waals surface area contributed by atoms with Gasteiger partial charge < -0.3 is 10.1 Å². The van der Waals surface area contributed by atoms with E-state index in [9.17, 15) is 8.42 Å². The summed E-state index contributed by atoms with van der Waals surface area (Å²) in [6, 6.07) is -0.157. The largest absolute Gasteiger partial charge is 0.378 e. The smallest absolute Gasteiger partial charge is 0.279 e. The van der Waals surface area contributed by atoms with Crippen molar-refractivity contribution >= 4 is 10.2 Å². The highest BCUT2D eigenvalue weighted by molar-refractivity contribution is 7.87. The van der Waals surface area contributed by atoms with E-state index in [0.29, 0.717) is 26.2 Å². The molecular formula is C9H19N3O3S. The molecule has 0 saturated carbocycles. The minimum absolute atomic E-state index is 0.0719. The van der Waals surface area contributed by atoms with Crippen LogP contribution in [0.3, 0.4) is 0 Å². The first kappa shape index (κ1) is 12.3. The molecule has 2 N–H and O–H groups in total. The molecule has 0 bridgehead atoms. The van der Waals surface area contributed by atoms with Crippen LogP contribution in [0, 0.1) is 0 Å². The molecule has 0 amide bonds.